The first-order chi connectivity index (χ1) is 15.0. The number of amides is 2. The number of ether oxygens (including phenoxy) is 1. The fourth-order valence-electron chi connectivity index (χ4n) is 2.55. The van der Waals surface area contributed by atoms with Crippen molar-refractivity contribution in [1.29, 1.82) is 0 Å². The number of nitrogens with one attached hydrogen (secondary N) is 2. The smallest absolute Gasteiger partial charge is 0.343 e. The van der Waals surface area contributed by atoms with Crippen LogP contribution in [-0.2, 0) is 9.59 Å². The van der Waals surface area contributed by atoms with Crippen LogP contribution in [0.2, 0.25) is 5.02 Å². The van der Waals surface area contributed by atoms with Crippen LogP contribution in [0.25, 0.3) is 0 Å². The zero-order valence-electron chi connectivity index (χ0n) is 16.5. The van der Waals surface area contributed by atoms with Crippen molar-refractivity contribution in [2.45, 2.75) is 6.92 Å². The van der Waals surface area contributed by atoms with Crippen LogP contribution in [0.3, 0.4) is 0 Å². The van der Waals surface area contributed by atoms with Gasteiger partial charge in [0, 0.05) is 16.3 Å². The third-order valence-corrected chi connectivity index (χ3v) is 4.63. The number of benzene rings is 3. The summed E-state index contributed by atoms with van der Waals surface area (Å²) >= 11 is 6.01. The third kappa shape index (κ3) is 5.77. The number of anilines is 1. The van der Waals surface area contributed by atoms with Gasteiger partial charge >= 0.3 is 17.8 Å². The monoisotopic (exact) mass is 435 g/mol. The molecule has 8 heteroatoms. The molecule has 0 unspecified atom stereocenters. The standard InChI is InChI=1S/C23H18ClN3O4/c1-15-18(24)11-7-12-19(15)26-21(28)22(29)27-25-14-17-10-5-6-13-20(17)31-23(30)16-8-3-2-4-9-16/h2-14H,1H3,(H,26,28)(H,27,29)/b25-14+. The Morgan fingerprint density at radius 3 is 2.39 bits per heavy atom. The van der Waals surface area contributed by atoms with E-state index in [0.717, 1.165) is 0 Å². The van der Waals surface area contributed by atoms with Gasteiger partial charge in [-0.25, -0.2) is 10.2 Å². The summed E-state index contributed by atoms with van der Waals surface area (Å²) in [6.07, 6.45) is 1.28. The lowest BCUT2D eigenvalue weighted by molar-refractivity contribution is -0.136. The van der Waals surface area contributed by atoms with Crippen molar-refractivity contribution in [3.63, 3.8) is 0 Å². The number of hydrazone groups is 1. The van der Waals surface area contributed by atoms with E-state index in [4.69, 9.17) is 16.3 Å². The molecule has 0 spiro atoms. The van der Waals surface area contributed by atoms with Crippen LogP contribution in [-0.4, -0.2) is 24.0 Å². The van der Waals surface area contributed by atoms with Gasteiger partial charge in [-0.15, -0.1) is 0 Å². The summed E-state index contributed by atoms with van der Waals surface area (Å²) in [5.41, 5.74) is 4.05. The molecule has 2 amide bonds. The van der Waals surface area contributed by atoms with Crippen molar-refractivity contribution in [1.82, 2.24) is 5.43 Å². The minimum atomic E-state index is -0.964. The number of carbonyl (C=O) groups is 3. The Labute approximate surface area is 183 Å². The second-order valence-corrected chi connectivity index (χ2v) is 6.77. The number of esters is 1. The molecule has 0 heterocycles. The molecule has 0 bridgehead atoms. The Morgan fingerprint density at radius 1 is 0.903 bits per heavy atom. The second kappa shape index (κ2) is 10.2. The summed E-state index contributed by atoms with van der Waals surface area (Å²) in [6, 6.07) is 20.2. The van der Waals surface area contributed by atoms with Gasteiger partial charge < -0.3 is 10.1 Å². The number of carbonyl (C=O) groups excluding carboxylic acids is 3. The van der Waals surface area contributed by atoms with Gasteiger partial charge in [-0.2, -0.15) is 5.10 Å². The number of para-hydroxylation sites is 1. The Hall–Kier alpha value is -3.97. The molecule has 31 heavy (non-hydrogen) atoms. The largest absolute Gasteiger partial charge is 0.422 e. The van der Waals surface area contributed by atoms with Crippen LogP contribution in [0.1, 0.15) is 21.5 Å². The van der Waals surface area contributed by atoms with E-state index in [0.29, 0.717) is 27.4 Å². The first kappa shape index (κ1) is 21.7. The maximum absolute atomic E-state index is 12.3. The van der Waals surface area contributed by atoms with Gasteiger partial charge in [0.2, 0.25) is 0 Å². The van der Waals surface area contributed by atoms with Crippen LogP contribution in [0.5, 0.6) is 5.75 Å². The minimum Gasteiger partial charge on any atom is -0.422 e. The molecular formula is C23H18ClN3O4. The van der Waals surface area contributed by atoms with Gasteiger partial charge in [0.15, 0.2) is 0 Å². The lowest BCUT2D eigenvalue weighted by atomic mass is 10.2. The Balaban J connectivity index is 1.63. The number of hydrogen-bond acceptors (Lipinski definition) is 5. The van der Waals surface area contributed by atoms with Crippen molar-refractivity contribution in [2.75, 3.05) is 5.32 Å². The van der Waals surface area contributed by atoms with Crippen LogP contribution in [0.15, 0.2) is 77.9 Å². The Morgan fingerprint density at radius 2 is 1.61 bits per heavy atom. The molecular weight excluding hydrogens is 418 g/mol. The van der Waals surface area contributed by atoms with Crippen LogP contribution >= 0.6 is 11.6 Å². The molecule has 0 radical (unpaired) electrons. The highest BCUT2D eigenvalue weighted by molar-refractivity contribution is 6.40. The first-order valence-electron chi connectivity index (χ1n) is 9.21. The van der Waals surface area contributed by atoms with Crippen molar-refractivity contribution >= 4 is 41.3 Å². The summed E-state index contributed by atoms with van der Waals surface area (Å²) in [7, 11) is 0. The highest BCUT2D eigenvalue weighted by Crippen LogP contribution is 2.22. The molecule has 0 aromatic heterocycles. The summed E-state index contributed by atoms with van der Waals surface area (Å²) in [5, 5.41) is 6.73. The summed E-state index contributed by atoms with van der Waals surface area (Å²) < 4.78 is 5.41. The lowest BCUT2D eigenvalue weighted by Gasteiger charge is -2.08. The normalized spacial score (nSPS) is 10.5. The van der Waals surface area contributed by atoms with E-state index in [1.54, 1.807) is 79.7 Å². The van der Waals surface area contributed by atoms with Crippen LogP contribution in [0.4, 0.5) is 5.69 Å². The summed E-state index contributed by atoms with van der Waals surface area (Å²) in [6.45, 7) is 1.72. The third-order valence-electron chi connectivity index (χ3n) is 4.22. The molecule has 156 valence electrons. The average molecular weight is 436 g/mol. The molecule has 7 nitrogen and oxygen atoms in total. The minimum absolute atomic E-state index is 0.258. The second-order valence-electron chi connectivity index (χ2n) is 6.36. The molecule has 2 N–H and O–H groups in total. The predicted octanol–water partition coefficient (Wildman–Crippen LogP) is 3.96. The van der Waals surface area contributed by atoms with Gasteiger partial charge in [0.1, 0.15) is 5.75 Å². The predicted molar refractivity (Wildman–Crippen MR) is 118 cm³/mol. The summed E-state index contributed by atoms with van der Waals surface area (Å²) in [4.78, 5) is 36.4. The molecule has 0 saturated carbocycles. The van der Waals surface area contributed by atoms with Gasteiger partial charge in [-0.05, 0) is 48.9 Å². The Kier molecular flexibility index (Phi) is 7.13. The fraction of sp³-hybridized carbons (Fsp3) is 0.0435. The van der Waals surface area contributed by atoms with E-state index >= 15 is 0 Å². The first-order valence-corrected chi connectivity index (χ1v) is 9.59. The molecule has 3 rings (SSSR count). The van der Waals surface area contributed by atoms with E-state index < -0.39 is 17.8 Å². The molecule has 0 aliphatic heterocycles. The van der Waals surface area contributed by atoms with E-state index in [1.807, 2.05) is 0 Å². The van der Waals surface area contributed by atoms with Gasteiger partial charge in [-0.1, -0.05) is 48.0 Å². The fourth-order valence-corrected chi connectivity index (χ4v) is 2.72. The zero-order valence-corrected chi connectivity index (χ0v) is 17.2. The highest BCUT2D eigenvalue weighted by atomic mass is 35.5. The summed E-state index contributed by atoms with van der Waals surface area (Å²) in [5.74, 6) is -2.13. The zero-order chi connectivity index (χ0) is 22.2. The molecule has 0 fully saturated rings. The van der Waals surface area contributed by atoms with Crippen LogP contribution < -0.4 is 15.5 Å². The highest BCUT2D eigenvalue weighted by Gasteiger charge is 2.15. The van der Waals surface area contributed by atoms with Crippen molar-refractivity contribution in [2.24, 2.45) is 5.10 Å². The van der Waals surface area contributed by atoms with Gasteiger partial charge in [-0.3, -0.25) is 9.59 Å². The SMILES string of the molecule is Cc1c(Cl)cccc1NC(=O)C(=O)N/N=C/c1ccccc1OC(=O)c1ccccc1. The molecule has 3 aromatic carbocycles. The van der Waals surface area contributed by atoms with E-state index in [9.17, 15) is 14.4 Å². The van der Waals surface area contributed by atoms with Crippen molar-refractivity contribution in [3.8, 4) is 5.75 Å². The van der Waals surface area contributed by atoms with E-state index in [2.05, 4.69) is 15.8 Å². The average Bonchev–Trinajstić information content (AvgIpc) is 2.78. The Bertz CT molecular complexity index is 1150. The topological polar surface area (TPSA) is 96.9 Å². The van der Waals surface area contributed by atoms with Gasteiger partial charge in [0.25, 0.3) is 0 Å². The number of nitrogens with zero attached hydrogens (tertiary/aromatic N) is 1. The molecule has 0 saturated heterocycles. The quantitative estimate of drug-likeness (QED) is 0.208. The molecule has 0 aliphatic rings. The molecule has 0 atom stereocenters. The molecule has 3 aromatic rings. The molecule has 0 aliphatic carbocycles. The number of hydrogen-bond donors (Lipinski definition) is 2. The number of rotatable bonds is 5. The van der Waals surface area contributed by atoms with Crippen molar-refractivity contribution in [3.05, 3.63) is 94.5 Å². The van der Waals surface area contributed by atoms with E-state index in [1.165, 1.54) is 6.21 Å². The van der Waals surface area contributed by atoms with Crippen molar-refractivity contribution < 1.29 is 19.1 Å². The maximum Gasteiger partial charge on any atom is 0.343 e. The van der Waals surface area contributed by atoms with Gasteiger partial charge in [0.05, 0.1) is 11.8 Å². The van der Waals surface area contributed by atoms with Crippen LogP contribution in [0, 0.1) is 6.92 Å². The lowest BCUT2D eigenvalue weighted by Crippen LogP contribution is -2.32. The van der Waals surface area contributed by atoms with E-state index in [-0.39, 0.29) is 5.75 Å². The number of halogens is 1. The maximum atomic E-state index is 12.3.